The summed E-state index contributed by atoms with van der Waals surface area (Å²) in [7, 11) is 1.69. The lowest BCUT2D eigenvalue weighted by atomic mass is 10.3. The number of nitrogens with one attached hydrogen (secondary N) is 1. The smallest absolute Gasteiger partial charge is 0.148 e. The fourth-order valence-electron chi connectivity index (χ4n) is 1.52. The molecule has 0 unspecified atom stereocenters. The number of ether oxygens (including phenoxy) is 1. The monoisotopic (exact) mass is 225 g/mol. The molecule has 16 heavy (non-hydrogen) atoms. The van der Waals surface area contributed by atoms with Crippen LogP contribution in [0.25, 0.3) is 0 Å². The van der Waals surface area contributed by atoms with E-state index in [9.17, 15) is 0 Å². The lowest BCUT2D eigenvalue weighted by Gasteiger charge is -2.23. The van der Waals surface area contributed by atoms with Crippen LogP contribution in [0.1, 0.15) is 12.5 Å². The maximum absolute atomic E-state index is 5.38. The molecule has 0 aliphatic rings. The molecule has 1 heterocycles. The Morgan fingerprint density at radius 1 is 1.50 bits per heavy atom. The Kier molecular flexibility index (Phi) is 4.94. The zero-order chi connectivity index (χ0) is 12.0. The van der Waals surface area contributed by atoms with Gasteiger partial charge >= 0.3 is 0 Å². The van der Waals surface area contributed by atoms with E-state index in [1.54, 1.807) is 7.11 Å². The minimum atomic E-state index is 0.654. The molecule has 6 heteroatoms. The van der Waals surface area contributed by atoms with Crippen LogP contribution in [0.4, 0.5) is 11.6 Å². The van der Waals surface area contributed by atoms with Gasteiger partial charge in [-0.05, 0) is 13.8 Å². The first-order chi connectivity index (χ1) is 7.74. The number of rotatable bonds is 6. The molecule has 0 spiro atoms. The number of aromatic nitrogens is 2. The van der Waals surface area contributed by atoms with E-state index in [1.807, 2.05) is 6.92 Å². The minimum absolute atomic E-state index is 0.654. The lowest BCUT2D eigenvalue weighted by Crippen LogP contribution is -2.29. The SMILES string of the molecule is CCN(CCOC)c1ncnc(NN)c1C. The third kappa shape index (κ3) is 2.80. The zero-order valence-electron chi connectivity index (χ0n) is 10.0. The summed E-state index contributed by atoms with van der Waals surface area (Å²) < 4.78 is 5.07. The number of nitrogen functional groups attached to an aromatic ring is 1. The predicted molar refractivity (Wildman–Crippen MR) is 64.3 cm³/mol. The van der Waals surface area contributed by atoms with Crippen LogP contribution in [0.2, 0.25) is 0 Å². The van der Waals surface area contributed by atoms with Gasteiger partial charge in [-0.15, -0.1) is 0 Å². The van der Waals surface area contributed by atoms with Gasteiger partial charge in [0.25, 0.3) is 0 Å². The van der Waals surface area contributed by atoms with Crippen molar-refractivity contribution in [2.45, 2.75) is 13.8 Å². The second-order valence-corrected chi connectivity index (χ2v) is 3.39. The van der Waals surface area contributed by atoms with Crippen molar-refractivity contribution in [2.24, 2.45) is 5.84 Å². The van der Waals surface area contributed by atoms with E-state index < -0.39 is 0 Å². The first-order valence-corrected chi connectivity index (χ1v) is 5.26. The molecule has 0 amide bonds. The predicted octanol–water partition coefficient (Wildman–Crippen LogP) is 0.543. The summed E-state index contributed by atoms with van der Waals surface area (Å²) in [6, 6.07) is 0. The molecule has 0 aromatic carbocycles. The van der Waals surface area contributed by atoms with E-state index in [0.717, 1.165) is 24.5 Å². The van der Waals surface area contributed by atoms with Crippen LogP contribution in [-0.4, -0.2) is 36.8 Å². The Balaban J connectivity index is 2.91. The number of likely N-dealkylation sites (N-methyl/N-ethyl adjacent to an activating group) is 1. The lowest BCUT2D eigenvalue weighted by molar-refractivity contribution is 0.205. The number of methoxy groups -OCH3 is 1. The van der Waals surface area contributed by atoms with Crippen molar-refractivity contribution < 1.29 is 4.74 Å². The van der Waals surface area contributed by atoms with Gasteiger partial charge in [0, 0.05) is 25.8 Å². The van der Waals surface area contributed by atoms with E-state index in [1.165, 1.54) is 6.33 Å². The average Bonchev–Trinajstić information content (AvgIpc) is 2.32. The maximum Gasteiger partial charge on any atom is 0.148 e. The highest BCUT2D eigenvalue weighted by Gasteiger charge is 2.11. The van der Waals surface area contributed by atoms with Gasteiger partial charge in [0.1, 0.15) is 18.0 Å². The van der Waals surface area contributed by atoms with Gasteiger partial charge in [0.2, 0.25) is 0 Å². The number of hydrogen-bond acceptors (Lipinski definition) is 6. The van der Waals surface area contributed by atoms with Gasteiger partial charge in [-0.25, -0.2) is 15.8 Å². The normalized spacial score (nSPS) is 10.2. The number of nitrogens with zero attached hydrogens (tertiary/aromatic N) is 3. The van der Waals surface area contributed by atoms with Gasteiger partial charge in [-0.2, -0.15) is 0 Å². The van der Waals surface area contributed by atoms with E-state index in [2.05, 4.69) is 27.2 Å². The molecule has 1 rings (SSSR count). The Hall–Kier alpha value is -1.40. The summed E-state index contributed by atoms with van der Waals surface area (Å²) in [5, 5.41) is 0. The Bertz CT molecular complexity index is 331. The van der Waals surface area contributed by atoms with Crippen LogP contribution < -0.4 is 16.2 Å². The summed E-state index contributed by atoms with van der Waals surface area (Å²) in [6.45, 7) is 6.36. The van der Waals surface area contributed by atoms with Gasteiger partial charge in [0.15, 0.2) is 0 Å². The Morgan fingerprint density at radius 2 is 2.25 bits per heavy atom. The van der Waals surface area contributed by atoms with E-state index in [0.29, 0.717) is 12.4 Å². The molecule has 0 saturated heterocycles. The molecule has 0 aliphatic heterocycles. The number of hydrazine groups is 1. The molecular formula is C10H19N5O. The largest absolute Gasteiger partial charge is 0.383 e. The number of nitrogens with two attached hydrogens (primary N) is 1. The number of hydrogen-bond donors (Lipinski definition) is 2. The fourth-order valence-corrected chi connectivity index (χ4v) is 1.52. The van der Waals surface area contributed by atoms with E-state index in [-0.39, 0.29) is 0 Å². The molecule has 1 aromatic rings. The molecule has 0 aliphatic carbocycles. The summed E-state index contributed by atoms with van der Waals surface area (Å²) in [6.07, 6.45) is 1.51. The van der Waals surface area contributed by atoms with Crippen molar-refractivity contribution in [3.63, 3.8) is 0 Å². The summed E-state index contributed by atoms with van der Waals surface area (Å²) in [5.41, 5.74) is 3.51. The molecule has 0 fully saturated rings. The van der Waals surface area contributed by atoms with E-state index in [4.69, 9.17) is 10.6 Å². The van der Waals surface area contributed by atoms with Crippen molar-refractivity contribution in [1.82, 2.24) is 9.97 Å². The molecule has 0 saturated carbocycles. The third-order valence-electron chi connectivity index (χ3n) is 2.44. The van der Waals surface area contributed by atoms with Crippen LogP contribution in [0, 0.1) is 6.92 Å². The molecule has 90 valence electrons. The van der Waals surface area contributed by atoms with Crippen molar-refractivity contribution in [3.8, 4) is 0 Å². The standard InChI is InChI=1S/C10H19N5O/c1-4-15(5-6-16-3)10-8(2)9(14-11)12-7-13-10/h7H,4-6,11H2,1-3H3,(H,12,13,14). The quantitative estimate of drug-likeness (QED) is 0.543. The second kappa shape index (κ2) is 6.24. The molecular weight excluding hydrogens is 206 g/mol. The highest BCUT2D eigenvalue weighted by atomic mass is 16.5. The van der Waals surface area contributed by atoms with Crippen LogP contribution in [0.15, 0.2) is 6.33 Å². The summed E-state index contributed by atoms with van der Waals surface area (Å²) in [5.74, 6) is 6.92. The molecule has 0 radical (unpaired) electrons. The minimum Gasteiger partial charge on any atom is -0.383 e. The van der Waals surface area contributed by atoms with Crippen molar-refractivity contribution in [3.05, 3.63) is 11.9 Å². The average molecular weight is 225 g/mol. The molecule has 3 N–H and O–H groups in total. The van der Waals surface area contributed by atoms with Gasteiger partial charge < -0.3 is 15.1 Å². The summed E-state index contributed by atoms with van der Waals surface area (Å²) in [4.78, 5) is 10.5. The van der Waals surface area contributed by atoms with Crippen LogP contribution in [0.3, 0.4) is 0 Å². The second-order valence-electron chi connectivity index (χ2n) is 3.39. The molecule has 6 nitrogen and oxygen atoms in total. The molecule has 1 aromatic heterocycles. The number of anilines is 2. The Morgan fingerprint density at radius 3 is 2.81 bits per heavy atom. The maximum atomic E-state index is 5.38. The zero-order valence-corrected chi connectivity index (χ0v) is 10.0. The van der Waals surface area contributed by atoms with Crippen LogP contribution in [0.5, 0.6) is 0 Å². The highest BCUT2D eigenvalue weighted by molar-refractivity contribution is 5.57. The fraction of sp³-hybridized carbons (Fsp3) is 0.600. The molecule has 0 atom stereocenters. The van der Waals surface area contributed by atoms with Gasteiger partial charge in [0.05, 0.1) is 6.61 Å². The Labute approximate surface area is 95.8 Å². The topological polar surface area (TPSA) is 76.3 Å². The van der Waals surface area contributed by atoms with Crippen LogP contribution in [-0.2, 0) is 4.74 Å². The van der Waals surface area contributed by atoms with Crippen LogP contribution >= 0.6 is 0 Å². The van der Waals surface area contributed by atoms with Crippen molar-refractivity contribution >= 4 is 11.6 Å². The molecule has 0 bridgehead atoms. The first kappa shape index (κ1) is 12.7. The van der Waals surface area contributed by atoms with Gasteiger partial charge in [-0.3, -0.25) is 0 Å². The third-order valence-corrected chi connectivity index (χ3v) is 2.44. The first-order valence-electron chi connectivity index (χ1n) is 5.26. The van der Waals surface area contributed by atoms with Gasteiger partial charge in [-0.1, -0.05) is 0 Å². The highest BCUT2D eigenvalue weighted by Crippen LogP contribution is 2.20. The van der Waals surface area contributed by atoms with Crippen molar-refractivity contribution in [2.75, 3.05) is 37.1 Å². The van der Waals surface area contributed by atoms with E-state index >= 15 is 0 Å². The van der Waals surface area contributed by atoms with Crippen molar-refractivity contribution in [1.29, 1.82) is 0 Å². The summed E-state index contributed by atoms with van der Waals surface area (Å²) >= 11 is 0.